The van der Waals surface area contributed by atoms with Crippen LogP contribution < -0.4 is 5.73 Å². The minimum Gasteiger partial charge on any atom is -0.339 e. The van der Waals surface area contributed by atoms with Gasteiger partial charge in [-0.3, -0.25) is 4.79 Å². The maximum Gasteiger partial charge on any atom is 0.270 e. The lowest BCUT2D eigenvalue weighted by molar-refractivity contribution is 0.0696. The Balaban J connectivity index is 2.22. The smallest absolute Gasteiger partial charge is 0.270 e. The number of piperidine rings is 1. The maximum absolute atomic E-state index is 12.5. The number of hydrogen-bond acceptors (Lipinski definition) is 2. The van der Waals surface area contributed by atoms with Gasteiger partial charge >= 0.3 is 0 Å². The molecule has 0 aliphatic carbocycles. The molecule has 1 aliphatic rings. The number of likely N-dealkylation sites (tertiary alicyclic amines) is 1. The van der Waals surface area contributed by atoms with E-state index in [1.165, 1.54) is 0 Å². The Bertz CT molecular complexity index is 441. The molecule has 1 aromatic rings. The highest BCUT2D eigenvalue weighted by Gasteiger charge is 2.25. The Kier molecular flexibility index (Phi) is 3.97. The normalized spacial score (nSPS) is 20.5. The van der Waals surface area contributed by atoms with Crippen LogP contribution in [0.4, 0.5) is 0 Å². The van der Waals surface area contributed by atoms with E-state index in [0.29, 0.717) is 17.3 Å². The summed E-state index contributed by atoms with van der Waals surface area (Å²) < 4.78 is 1.92. The molecule has 2 heterocycles. The average Bonchev–Trinajstić information content (AvgIpc) is 2.70. The summed E-state index contributed by atoms with van der Waals surface area (Å²) in [7, 11) is 0. The van der Waals surface area contributed by atoms with Gasteiger partial charge in [0.05, 0.1) is 5.02 Å². The second-order valence-corrected chi connectivity index (χ2v) is 5.63. The Morgan fingerprint density at radius 3 is 2.89 bits per heavy atom. The molecule has 2 N–H and O–H groups in total. The SMILES string of the molecule is CC(C)n1cc(Cl)cc1C(=O)N1CCC[C@@H](N)C1. The monoisotopic (exact) mass is 269 g/mol. The van der Waals surface area contributed by atoms with E-state index in [0.717, 1.165) is 19.4 Å². The lowest BCUT2D eigenvalue weighted by Crippen LogP contribution is -2.46. The van der Waals surface area contributed by atoms with Crippen LogP contribution in [0.3, 0.4) is 0 Å². The fourth-order valence-electron chi connectivity index (χ4n) is 2.40. The first-order valence-corrected chi connectivity index (χ1v) is 6.79. The first kappa shape index (κ1) is 13.4. The van der Waals surface area contributed by atoms with Gasteiger partial charge in [-0.25, -0.2) is 0 Å². The molecule has 2 rings (SSSR count). The highest BCUT2D eigenvalue weighted by Crippen LogP contribution is 2.21. The zero-order valence-electron chi connectivity index (χ0n) is 10.9. The number of carbonyl (C=O) groups is 1. The van der Waals surface area contributed by atoms with Crippen molar-refractivity contribution in [1.82, 2.24) is 9.47 Å². The van der Waals surface area contributed by atoms with Gasteiger partial charge in [0.15, 0.2) is 0 Å². The molecule has 0 aromatic carbocycles. The molecule has 1 saturated heterocycles. The van der Waals surface area contributed by atoms with Crippen LogP contribution in [-0.2, 0) is 0 Å². The molecule has 1 aliphatic heterocycles. The van der Waals surface area contributed by atoms with E-state index in [4.69, 9.17) is 17.3 Å². The average molecular weight is 270 g/mol. The van der Waals surface area contributed by atoms with Gasteiger partial charge in [0.1, 0.15) is 5.69 Å². The van der Waals surface area contributed by atoms with E-state index in [1.54, 1.807) is 6.07 Å². The van der Waals surface area contributed by atoms with Gasteiger partial charge in [0.2, 0.25) is 0 Å². The fraction of sp³-hybridized carbons (Fsp3) is 0.615. The second-order valence-electron chi connectivity index (χ2n) is 5.20. The third-order valence-electron chi connectivity index (χ3n) is 3.34. The third kappa shape index (κ3) is 2.70. The van der Waals surface area contributed by atoms with Crippen molar-refractivity contribution < 1.29 is 4.79 Å². The van der Waals surface area contributed by atoms with E-state index >= 15 is 0 Å². The van der Waals surface area contributed by atoms with E-state index in [1.807, 2.05) is 29.5 Å². The lowest BCUT2D eigenvalue weighted by atomic mass is 10.1. The van der Waals surface area contributed by atoms with Gasteiger partial charge < -0.3 is 15.2 Å². The number of aromatic nitrogens is 1. The quantitative estimate of drug-likeness (QED) is 0.896. The van der Waals surface area contributed by atoms with Gasteiger partial charge in [-0.2, -0.15) is 0 Å². The van der Waals surface area contributed by atoms with Crippen molar-refractivity contribution in [2.75, 3.05) is 13.1 Å². The Morgan fingerprint density at radius 2 is 2.28 bits per heavy atom. The van der Waals surface area contributed by atoms with E-state index in [9.17, 15) is 4.79 Å². The highest BCUT2D eigenvalue weighted by atomic mass is 35.5. The summed E-state index contributed by atoms with van der Waals surface area (Å²) in [5.74, 6) is 0.0331. The third-order valence-corrected chi connectivity index (χ3v) is 3.54. The molecule has 0 bridgehead atoms. The van der Waals surface area contributed by atoms with Crippen molar-refractivity contribution in [1.29, 1.82) is 0 Å². The molecule has 1 atom stereocenters. The van der Waals surface area contributed by atoms with Gasteiger partial charge in [-0.15, -0.1) is 0 Å². The van der Waals surface area contributed by atoms with Gasteiger partial charge in [0, 0.05) is 31.4 Å². The molecular weight excluding hydrogens is 250 g/mol. The maximum atomic E-state index is 12.5. The minimum atomic E-state index is 0.0331. The highest BCUT2D eigenvalue weighted by molar-refractivity contribution is 6.31. The van der Waals surface area contributed by atoms with Crippen LogP contribution in [0, 0.1) is 0 Å². The molecule has 1 amide bonds. The van der Waals surface area contributed by atoms with Gasteiger partial charge in [-0.1, -0.05) is 11.6 Å². The van der Waals surface area contributed by atoms with Crippen LogP contribution in [0.25, 0.3) is 0 Å². The van der Waals surface area contributed by atoms with E-state index in [-0.39, 0.29) is 18.0 Å². The minimum absolute atomic E-state index is 0.0331. The van der Waals surface area contributed by atoms with E-state index in [2.05, 4.69) is 0 Å². The first-order chi connectivity index (χ1) is 8.49. The molecule has 0 radical (unpaired) electrons. The predicted molar refractivity (Wildman–Crippen MR) is 72.9 cm³/mol. The van der Waals surface area contributed by atoms with Crippen LogP contribution in [0.5, 0.6) is 0 Å². The largest absolute Gasteiger partial charge is 0.339 e. The van der Waals surface area contributed by atoms with Crippen molar-refractivity contribution >= 4 is 17.5 Å². The summed E-state index contributed by atoms with van der Waals surface area (Å²) in [5, 5.41) is 0.605. The number of amides is 1. The van der Waals surface area contributed by atoms with Crippen LogP contribution in [0.1, 0.15) is 43.2 Å². The van der Waals surface area contributed by atoms with Crippen molar-refractivity contribution in [2.24, 2.45) is 5.73 Å². The molecule has 100 valence electrons. The zero-order chi connectivity index (χ0) is 13.3. The Labute approximate surface area is 113 Å². The number of nitrogens with zero attached hydrogens (tertiary/aromatic N) is 2. The van der Waals surface area contributed by atoms with Gasteiger partial charge in [0.25, 0.3) is 5.91 Å². The van der Waals surface area contributed by atoms with Crippen LogP contribution in [0.15, 0.2) is 12.3 Å². The van der Waals surface area contributed by atoms with E-state index < -0.39 is 0 Å². The standard InChI is InChI=1S/C13H20ClN3O/c1-9(2)17-7-10(14)6-12(17)13(18)16-5-3-4-11(15)8-16/h6-7,9,11H,3-5,8,15H2,1-2H3/t11-/m1/s1. The molecule has 18 heavy (non-hydrogen) atoms. The number of nitrogens with two attached hydrogens (primary N) is 1. The van der Waals surface area contributed by atoms with Crippen molar-refractivity contribution in [3.05, 3.63) is 23.0 Å². The molecule has 0 spiro atoms. The summed E-state index contributed by atoms with van der Waals surface area (Å²) >= 11 is 6.01. The second kappa shape index (κ2) is 5.33. The summed E-state index contributed by atoms with van der Waals surface area (Å²) in [6.07, 6.45) is 3.78. The van der Waals surface area contributed by atoms with Crippen LogP contribution in [-0.4, -0.2) is 34.5 Å². The summed E-state index contributed by atoms with van der Waals surface area (Å²) in [4.78, 5) is 14.3. The summed E-state index contributed by atoms with van der Waals surface area (Å²) in [6.45, 7) is 5.50. The van der Waals surface area contributed by atoms with Crippen molar-refractivity contribution in [3.63, 3.8) is 0 Å². The number of hydrogen-bond donors (Lipinski definition) is 1. The van der Waals surface area contributed by atoms with Crippen LogP contribution >= 0.6 is 11.6 Å². The number of halogens is 1. The molecule has 4 nitrogen and oxygen atoms in total. The zero-order valence-corrected chi connectivity index (χ0v) is 11.7. The van der Waals surface area contributed by atoms with Crippen LogP contribution in [0.2, 0.25) is 5.02 Å². The predicted octanol–water partition coefficient (Wildman–Crippen LogP) is 2.29. The molecule has 1 aromatic heterocycles. The molecular formula is C13H20ClN3O. The fourth-order valence-corrected chi connectivity index (χ4v) is 2.61. The first-order valence-electron chi connectivity index (χ1n) is 6.41. The van der Waals surface area contributed by atoms with Crippen molar-refractivity contribution in [2.45, 2.75) is 38.8 Å². The Morgan fingerprint density at radius 1 is 1.56 bits per heavy atom. The van der Waals surface area contributed by atoms with Crippen molar-refractivity contribution in [3.8, 4) is 0 Å². The molecule has 1 fully saturated rings. The molecule has 0 saturated carbocycles. The Hall–Kier alpha value is -1.00. The van der Waals surface area contributed by atoms with Gasteiger partial charge in [-0.05, 0) is 32.8 Å². The topological polar surface area (TPSA) is 51.3 Å². The summed E-state index contributed by atoms with van der Waals surface area (Å²) in [6, 6.07) is 2.06. The lowest BCUT2D eigenvalue weighted by Gasteiger charge is -2.31. The molecule has 0 unspecified atom stereocenters. The summed E-state index contributed by atoms with van der Waals surface area (Å²) in [5.41, 5.74) is 6.57. The molecule has 5 heteroatoms. The number of carbonyl (C=O) groups excluding carboxylic acids is 1. The number of rotatable bonds is 2.